The number of rotatable bonds is 10. The summed E-state index contributed by atoms with van der Waals surface area (Å²) in [5.41, 5.74) is 3.55. The fourth-order valence-corrected chi connectivity index (χ4v) is 3.14. The van der Waals surface area contributed by atoms with Crippen LogP contribution in [-0.4, -0.2) is 52.6 Å². The molecule has 0 saturated carbocycles. The number of hydrogen-bond acceptors (Lipinski definition) is 5. The molecule has 0 heterocycles. The molecule has 0 aromatic heterocycles. The number of Topliss-reactive ketones (excluding diaryl/α,β-unsaturated/α-hetero) is 1. The summed E-state index contributed by atoms with van der Waals surface area (Å²) in [7, 11) is 0. The third-order valence-electron chi connectivity index (χ3n) is 5.07. The Bertz CT molecular complexity index is 975. The van der Waals surface area contributed by atoms with Crippen LogP contribution in [0.15, 0.2) is 48.5 Å². The standard InChI is InChI=1S/C25H28N2O5/c1-4-6-21(25(32)27-23(16(3)29)22(30)15-28)26-24(31)20-13-11-19(12-14-20)18-9-7-17(5-2)8-10-18/h1,7-14,16,21,23,28-29H,5-6,15H2,2-3H3,(H,26,31)(H,27,32)/t16-,21+,23+/m1/s1. The molecule has 0 fully saturated rings. The molecular weight excluding hydrogens is 408 g/mol. The van der Waals surface area contributed by atoms with E-state index in [1.54, 1.807) is 12.1 Å². The average molecular weight is 437 g/mol. The molecule has 0 saturated heterocycles. The molecule has 2 rings (SSSR count). The lowest BCUT2D eigenvalue weighted by molar-refractivity contribution is -0.132. The van der Waals surface area contributed by atoms with Crippen LogP contribution in [0.4, 0.5) is 0 Å². The number of terminal acetylenes is 1. The monoisotopic (exact) mass is 436 g/mol. The van der Waals surface area contributed by atoms with Gasteiger partial charge in [-0.05, 0) is 42.2 Å². The Morgan fingerprint density at radius 3 is 2.03 bits per heavy atom. The lowest BCUT2D eigenvalue weighted by Crippen LogP contribution is -2.55. The van der Waals surface area contributed by atoms with Gasteiger partial charge in [0.1, 0.15) is 18.7 Å². The number of amides is 2. The second-order valence-electron chi connectivity index (χ2n) is 7.41. The van der Waals surface area contributed by atoms with E-state index in [0.717, 1.165) is 17.5 Å². The number of carbonyl (C=O) groups excluding carboxylic acids is 3. The van der Waals surface area contributed by atoms with Crippen molar-refractivity contribution in [2.45, 2.75) is 44.9 Å². The van der Waals surface area contributed by atoms with Gasteiger partial charge in [0.15, 0.2) is 5.78 Å². The molecule has 7 nitrogen and oxygen atoms in total. The minimum Gasteiger partial charge on any atom is -0.391 e. The van der Waals surface area contributed by atoms with E-state index in [1.165, 1.54) is 12.5 Å². The van der Waals surface area contributed by atoms with E-state index in [0.29, 0.717) is 5.56 Å². The summed E-state index contributed by atoms with van der Waals surface area (Å²) < 4.78 is 0. The van der Waals surface area contributed by atoms with Crippen LogP contribution in [0.2, 0.25) is 0 Å². The van der Waals surface area contributed by atoms with Crippen LogP contribution in [0.3, 0.4) is 0 Å². The van der Waals surface area contributed by atoms with E-state index in [9.17, 15) is 19.5 Å². The van der Waals surface area contributed by atoms with Gasteiger partial charge in [0.05, 0.1) is 6.10 Å². The van der Waals surface area contributed by atoms with Gasteiger partial charge in [0.25, 0.3) is 5.91 Å². The maximum Gasteiger partial charge on any atom is 0.251 e. The molecule has 0 aliphatic rings. The van der Waals surface area contributed by atoms with Gasteiger partial charge < -0.3 is 20.8 Å². The van der Waals surface area contributed by atoms with Crippen LogP contribution >= 0.6 is 0 Å². The summed E-state index contributed by atoms with van der Waals surface area (Å²) in [6.07, 6.45) is 4.95. The molecular formula is C25H28N2O5. The third-order valence-corrected chi connectivity index (χ3v) is 5.07. The van der Waals surface area contributed by atoms with Gasteiger partial charge in [-0.3, -0.25) is 14.4 Å². The minimum atomic E-state index is -1.30. The van der Waals surface area contributed by atoms with Gasteiger partial charge in [0.2, 0.25) is 5.91 Å². The molecule has 0 aliphatic carbocycles. The summed E-state index contributed by atoms with van der Waals surface area (Å²) in [5.74, 6) is 0.341. The Labute approximate surface area is 187 Å². The highest BCUT2D eigenvalue weighted by atomic mass is 16.3. The smallest absolute Gasteiger partial charge is 0.251 e. The molecule has 0 spiro atoms. The number of aryl methyl sites for hydroxylation is 1. The Morgan fingerprint density at radius 2 is 1.56 bits per heavy atom. The van der Waals surface area contributed by atoms with Crippen molar-refractivity contribution in [1.82, 2.24) is 10.6 Å². The Hall–Kier alpha value is -3.47. The Kier molecular flexibility index (Phi) is 9.14. The summed E-state index contributed by atoms with van der Waals surface area (Å²) in [5, 5.41) is 23.6. The molecule has 0 bridgehead atoms. The fraction of sp³-hybridized carbons (Fsp3) is 0.320. The van der Waals surface area contributed by atoms with Crippen molar-refractivity contribution >= 4 is 17.6 Å². The maximum atomic E-state index is 12.7. The number of aliphatic hydroxyl groups is 2. The van der Waals surface area contributed by atoms with Crippen LogP contribution in [0.5, 0.6) is 0 Å². The van der Waals surface area contributed by atoms with E-state index < -0.39 is 42.4 Å². The number of hydrogen-bond donors (Lipinski definition) is 4. The van der Waals surface area contributed by atoms with Gasteiger partial charge in [-0.2, -0.15) is 0 Å². The largest absolute Gasteiger partial charge is 0.391 e. The molecule has 7 heteroatoms. The third kappa shape index (κ3) is 6.51. The van der Waals surface area contributed by atoms with Crippen molar-refractivity contribution in [2.75, 3.05) is 6.61 Å². The first-order valence-corrected chi connectivity index (χ1v) is 10.4. The predicted molar refractivity (Wildman–Crippen MR) is 122 cm³/mol. The molecule has 2 aromatic carbocycles. The zero-order valence-corrected chi connectivity index (χ0v) is 18.2. The van der Waals surface area contributed by atoms with Crippen LogP contribution in [0.1, 0.15) is 36.2 Å². The summed E-state index contributed by atoms with van der Waals surface area (Å²) in [6.45, 7) is 2.56. The Morgan fingerprint density at radius 1 is 1.00 bits per heavy atom. The molecule has 2 amide bonds. The molecule has 168 valence electrons. The van der Waals surface area contributed by atoms with Crippen molar-refractivity contribution in [1.29, 1.82) is 0 Å². The second-order valence-corrected chi connectivity index (χ2v) is 7.41. The quantitative estimate of drug-likeness (QED) is 0.421. The molecule has 3 atom stereocenters. The van der Waals surface area contributed by atoms with Crippen LogP contribution in [0.25, 0.3) is 11.1 Å². The number of nitrogens with one attached hydrogen (secondary N) is 2. The van der Waals surface area contributed by atoms with E-state index in [-0.39, 0.29) is 6.42 Å². The van der Waals surface area contributed by atoms with E-state index in [2.05, 4.69) is 35.6 Å². The van der Waals surface area contributed by atoms with Gasteiger partial charge >= 0.3 is 0 Å². The highest BCUT2D eigenvalue weighted by Gasteiger charge is 2.29. The van der Waals surface area contributed by atoms with Crippen LogP contribution in [-0.2, 0) is 16.0 Å². The number of ketones is 1. The topological polar surface area (TPSA) is 116 Å². The number of carbonyl (C=O) groups is 3. The van der Waals surface area contributed by atoms with Crippen molar-refractivity contribution in [3.8, 4) is 23.5 Å². The number of benzene rings is 2. The minimum absolute atomic E-state index is 0.112. The Balaban J connectivity index is 2.10. The second kappa shape index (κ2) is 11.8. The lowest BCUT2D eigenvalue weighted by atomic mass is 10.0. The van der Waals surface area contributed by atoms with Crippen molar-refractivity contribution in [3.05, 3.63) is 59.7 Å². The van der Waals surface area contributed by atoms with Gasteiger partial charge in [-0.25, -0.2) is 0 Å². The van der Waals surface area contributed by atoms with E-state index in [1.807, 2.05) is 24.3 Å². The fourth-order valence-electron chi connectivity index (χ4n) is 3.14. The first kappa shape index (κ1) is 24.8. The normalized spacial score (nSPS) is 13.3. The highest BCUT2D eigenvalue weighted by Crippen LogP contribution is 2.20. The van der Waals surface area contributed by atoms with Gasteiger partial charge in [0, 0.05) is 12.0 Å². The average Bonchev–Trinajstić information content (AvgIpc) is 2.81. The number of aliphatic hydroxyl groups excluding tert-OH is 2. The zero-order chi connectivity index (χ0) is 23.7. The van der Waals surface area contributed by atoms with E-state index >= 15 is 0 Å². The lowest BCUT2D eigenvalue weighted by Gasteiger charge is -2.23. The SMILES string of the molecule is C#CC[C@H](NC(=O)c1ccc(-c2ccc(CC)cc2)cc1)C(=O)N[C@H](C(=O)CO)[C@@H](C)O. The molecule has 2 aromatic rings. The summed E-state index contributed by atoms with van der Waals surface area (Å²) in [4.78, 5) is 37.0. The van der Waals surface area contributed by atoms with Crippen molar-refractivity contribution < 1.29 is 24.6 Å². The molecule has 32 heavy (non-hydrogen) atoms. The van der Waals surface area contributed by atoms with Crippen molar-refractivity contribution in [3.63, 3.8) is 0 Å². The summed E-state index contributed by atoms with van der Waals surface area (Å²) >= 11 is 0. The predicted octanol–water partition coefficient (Wildman–Crippen LogP) is 1.46. The maximum absolute atomic E-state index is 12.7. The molecule has 4 N–H and O–H groups in total. The first-order valence-electron chi connectivity index (χ1n) is 10.4. The molecule has 0 aliphatic heterocycles. The van der Waals surface area contributed by atoms with Gasteiger partial charge in [-0.15, -0.1) is 12.3 Å². The van der Waals surface area contributed by atoms with Gasteiger partial charge in [-0.1, -0.05) is 43.3 Å². The zero-order valence-electron chi connectivity index (χ0n) is 18.2. The molecule has 0 unspecified atom stereocenters. The van der Waals surface area contributed by atoms with Crippen LogP contribution in [0, 0.1) is 12.3 Å². The van der Waals surface area contributed by atoms with E-state index in [4.69, 9.17) is 11.5 Å². The summed E-state index contributed by atoms with van der Waals surface area (Å²) in [6, 6.07) is 12.7. The molecule has 0 radical (unpaired) electrons. The highest BCUT2D eigenvalue weighted by molar-refractivity contribution is 5.99. The van der Waals surface area contributed by atoms with Crippen molar-refractivity contribution in [2.24, 2.45) is 0 Å². The first-order chi connectivity index (χ1) is 15.3. The van der Waals surface area contributed by atoms with Crippen LogP contribution < -0.4 is 10.6 Å².